The summed E-state index contributed by atoms with van der Waals surface area (Å²) in [5.41, 5.74) is 8.45. The van der Waals surface area contributed by atoms with Crippen LogP contribution in [0.25, 0.3) is 22.2 Å². The smallest absolute Gasteiger partial charge is 0.296 e. The highest BCUT2D eigenvalue weighted by Crippen LogP contribution is 2.35. The van der Waals surface area contributed by atoms with Gasteiger partial charge in [-0.05, 0) is 24.1 Å². The van der Waals surface area contributed by atoms with E-state index in [0.29, 0.717) is 29.6 Å². The van der Waals surface area contributed by atoms with Crippen LogP contribution in [0.15, 0.2) is 35.5 Å². The van der Waals surface area contributed by atoms with Gasteiger partial charge in [-0.25, -0.2) is 9.97 Å². The fourth-order valence-electron chi connectivity index (χ4n) is 3.28. The SMILES string of the molecule is CCc1cnc(N)nc1-c1cn(COCC[Si](C)(C)C)c2c(S(=O)(=O)O)cccc12. The van der Waals surface area contributed by atoms with Gasteiger partial charge in [-0.3, -0.25) is 4.55 Å². The molecule has 162 valence electrons. The summed E-state index contributed by atoms with van der Waals surface area (Å²) in [6.07, 6.45) is 4.17. The summed E-state index contributed by atoms with van der Waals surface area (Å²) in [5, 5.41) is 0.645. The monoisotopic (exact) mass is 448 g/mol. The minimum atomic E-state index is -4.43. The lowest BCUT2D eigenvalue weighted by atomic mass is 10.0. The third-order valence-corrected chi connectivity index (χ3v) is 7.47. The molecule has 0 aliphatic rings. The Bertz CT molecular complexity index is 1170. The van der Waals surface area contributed by atoms with E-state index in [-0.39, 0.29) is 17.6 Å². The van der Waals surface area contributed by atoms with E-state index < -0.39 is 18.2 Å². The standard InChI is InChI=1S/C20H28N4O4SSi/c1-5-14-11-22-20(21)23-18(14)16-12-24(13-28-9-10-30(2,3)4)19-15(16)7-6-8-17(19)29(25,26)27/h6-8,11-12H,5,9-10,13H2,1-4H3,(H2,21,22,23)(H,25,26,27). The first-order valence-corrected chi connectivity index (χ1v) is 14.9. The van der Waals surface area contributed by atoms with Crippen molar-refractivity contribution in [1.29, 1.82) is 0 Å². The number of aryl methyl sites for hydroxylation is 1. The Morgan fingerprint density at radius 1 is 1.27 bits per heavy atom. The van der Waals surface area contributed by atoms with Gasteiger partial charge in [-0.2, -0.15) is 8.42 Å². The topological polar surface area (TPSA) is 120 Å². The molecule has 0 bridgehead atoms. The number of hydrogen-bond donors (Lipinski definition) is 2. The zero-order valence-electron chi connectivity index (χ0n) is 17.7. The van der Waals surface area contributed by atoms with E-state index in [2.05, 4.69) is 29.6 Å². The first-order chi connectivity index (χ1) is 14.0. The lowest BCUT2D eigenvalue weighted by Gasteiger charge is -2.16. The highest BCUT2D eigenvalue weighted by Gasteiger charge is 2.22. The maximum absolute atomic E-state index is 12.0. The molecule has 0 saturated heterocycles. The van der Waals surface area contributed by atoms with Crippen LogP contribution in [0.3, 0.4) is 0 Å². The summed E-state index contributed by atoms with van der Waals surface area (Å²) in [6.45, 7) is 9.53. The number of para-hydroxylation sites is 1. The molecule has 0 unspecified atom stereocenters. The largest absolute Gasteiger partial charge is 0.368 e. The van der Waals surface area contributed by atoms with Gasteiger partial charge >= 0.3 is 0 Å². The highest BCUT2D eigenvalue weighted by molar-refractivity contribution is 7.86. The Morgan fingerprint density at radius 3 is 2.63 bits per heavy atom. The number of nitrogens with zero attached hydrogens (tertiary/aromatic N) is 3. The predicted octanol–water partition coefficient (Wildman–Crippen LogP) is 3.80. The predicted molar refractivity (Wildman–Crippen MR) is 121 cm³/mol. The van der Waals surface area contributed by atoms with Crippen molar-refractivity contribution in [2.24, 2.45) is 0 Å². The fourth-order valence-corrected chi connectivity index (χ4v) is 4.76. The van der Waals surface area contributed by atoms with Crippen LogP contribution in [0.1, 0.15) is 12.5 Å². The molecule has 0 aliphatic carbocycles. The van der Waals surface area contributed by atoms with Crippen LogP contribution in [0.5, 0.6) is 0 Å². The molecule has 0 atom stereocenters. The normalized spacial score (nSPS) is 12.6. The second-order valence-electron chi connectivity index (χ2n) is 8.44. The molecule has 30 heavy (non-hydrogen) atoms. The quantitative estimate of drug-likeness (QED) is 0.305. The van der Waals surface area contributed by atoms with Gasteiger partial charge < -0.3 is 15.0 Å². The van der Waals surface area contributed by atoms with Crippen LogP contribution in [-0.4, -0.2) is 42.2 Å². The third-order valence-electron chi connectivity index (χ3n) is 4.89. The summed E-state index contributed by atoms with van der Waals surface area (Å²) in [5.74, 6) is 0.139. The van der Waals surface area contributed by atoms with Gasteiger partial charge in [0.25, 0.3) is 10.1 Å². The summed E-state index contributed by atoms with van der Waals surface area (Å²) < 4.78 is 41.5. The number of ether oxygens (including phenoxy) is 1. The summed E-state index contributed by atoms with van der Waals surface area (Å²) in [7, 11) is -5.68. The van der Waals surface area contributed by atoms with Crippen molar-refractivity contribution >= 4 is 35.0 Å². The van der Waals surface area contributed by atoms with E-state index in [1.54, 1.807) is 29.1 Å². The van der Waals surface area contributed by atoms with Gasteiger partial charge in [0.1, 0.15) is 11.6 Å². The van der Waals surface area contributed by atoms with Crippen molar-refractivity contribution in [1.82, 2.24) is 14.5 Å². The maximum atomic E-state index is 12.0. The van der Waals surface area contributed by atoms with E-state index in [1.165, 1.54) is 6.07 Å². The lowest BCUT2D eigenvalue weighted by molar-refractivity contribution is 0.0900. The molecule has 0 aliphatic heterocycles. The Balaban J connectivity index is 2.15. The van der Waals surface area contributed by atoms with Crippen molar-refractivity contribution in [2.75, 3.05) is 12.3 Å². The summed E-state index contributed by atoms with van der Waals surface area (Å²) >= 11 is 0. The van der Waals surface area contributed by atoms with Crippen LogP contribution in [0.4, 0.5) is 5.95 Å². The second kappa shape index (κ2) is 8.46. The van der Waals surface area contributed by atoms with Gasteiger partial charge in [0.05, 0.1) is 11.2 Å². The molecule has 1 aromatic carbocycles. The first-order valence-electron chi connectivity index (χ1n) is 9.80. The average Bonchev–Trinajstić information content (AvgIpc) is 3.02. The highest BCUT2D eigenvalue weighted by atomic mass is 32.2. The number of nitrogen functional groups attached to an aromatic ring is 1. The molecular weight excluding hydrogens is 420 g/mol. The van der Waals surface area contributed by atoms with E-state index in [9.17, 15) is 13.0 Å². The number of fused-ring (bicyclic) bond motifs is 1. The van der Waals surface area contributed by atoms with Gasteiger partial charge in [-0.15, -0.1) is 0 Å². The van der Waals surface area contributed by atoms with Crippen LogP contribution in [0.2, 0.25) is 25.7 Å². The molecular formula is C20H28N4O4SSi. The molecule has 2 heterocycles. The third kappa shape index (κ3) is 4.89. The molecule has 0 saturated carbocycles. The van der Waals surface area contributed by atoms with Crippen molar-refractivity contribution in [3.63, 3.8) is 0 Å². The minimum Gasteiger partial charge on any atom is -0.368 e. The summed E-state index contributed by atoms with van der Waals surface area (Å²) in [4.78, 5) is 8.30. The molecule has 0 amide bonds. The van der Waals surface area contributed by atoms with Crippen molar-refractivity contribution in [3.8, 4) is 11.3 Å². The molecule has 3 aromatic rings. The molecule has 3 N–H and O–H groups in total. The van der Waals surface area contributed by atoms with E-state index in [0.717, 1.165) is 17.2 Å². The van der Waals surface area contributed by atoms with Gasteiger partial charge in [0.15, 0.2) is 0 Å². The van der Waals surface area contributed by atoms with Gasteiger partial charge in [-0.1, -0.05) is 38.7 Å². The van der Waals surface area contributed by atoms with Crippen LogP contribution in [0, 0.1) is 0 Å². The summed E-state index contributed by atoms with van der Waals surface area (Å²) in [6, 6.07) is 5.78. The molecule has 0 spiro atoms. The zero-order chi connectivity index (χ0) is 22.1. The minimum absolute atomic E-state index is 0.139. The number of rotatable bonds is 8. The first kappa shape index (κ1) is 22.4. The van der Waals surface area contributed by atoms with Crippen LogP contribution >= 0.6 is 0 Å². The Labute approximate surface area is 177 Å². The number of nitrogens with two attached hydrogens (primary N) is 1. The number of aromatic nitrogens is 3. The van der Waals surface area contributed by atoms with E-state index >= 15 is 0 Å². The van der Waals surface area contributed by atoms with Crippen molar-refractivity contribution < 1.29 is 17.7 Å². The zero-order valence-corrected chi connectivity index (χ0v) is 19.5. The fraction of sp³-hybridized carbons (Fsp3) is 0.400. The maximum Gasteiger partial charge on any atom is 0.296 e. The van der Waals surface area contributed by atoms with E-state index in [4.69, 9.17) is 10.5 Å². The van der Waals surface area contributed by atoms with Gasteiger partial charge in [0.2, 0.25) is 5.95 Å². The molecule has 3 rings (SSSR count). The Hall–Kier alpha value is -2.27. The number of benzene rings is 1. The average molecular weight is 449 g/mol. The van der Waals surface area contributed by atoms with Crippen LogP contribution < -0.4 is 5.73 Å². The molecule has 0 radical (unpaired) electrons. The number of hydrogen-bond acceptors (Lipinski definition) is 6. The van der Waals surface area contributed by atoms with Crippen molar-refractivity contribution in [3.05, 3.63) is 36.2 Å². The van der Waals surface area contributed by atoms with E-state index in [1.807, 2.05) is 6.92 Å². The lowest BCUT2D eigenvalue weighted by Crippen LogP contribution is -2.22. The molecule has 2 aromatic heterocycles. The molecule has 0 fully saturated rings. The van der Waals surface area contributed by atoms with Crippen LogP contribution in [-0.2, 0) is 28.0 Å². The molecule has 8 nitrogen and oxygen atoms in total. The number of anilines is 1. The van der Waals surface area contributed by atoms with Crippen molar-refractivity contribution in [2.45, 2.75) is 50.7 Å². The van der Waals surface area contributed by atoms with Gasteiger partial charge in [0, 0.05) is 38.0 Å². The molecule has 10 heteroatoms. The Kier molecular flexibility index (Phi) is 6.32. The second-order valence-corrected chi connectivity index (χ2v) is 15.5. The Morgan fingerprint density at radius 2 is 2.00 bits per heavy atom.